The second-order valence-corrected chi connectivity index (χ2v) is 4.17. The minimum atomic E-state index is -0.00426. The van der Waals surface area contributed by atoms with Crippen molar-refractivity contribution in [2.24, 2.45) is 0 Å². The lowest BCUT2D eigenvalue weighted by atomic mass is 10.2. The Bertz CT molecular complexity index is 328. The summed E-state index contributed by atoms with van der Waals surface area (Å²) in [6.45, 7) is 5.12. The van der Waals surface area contributed by atoms with Gasteiger partial charge in [0.1, 0.15) is 0 Å². The molecule has 0 heterocycles. The highest BCUT2D eigenvalue weighted by Crippen LogP contribution is 2.43. The Morgan fingerprint density at radius 3 is 1.56 bits per heavy atom. The van der Waals surface area contributed by atoms with E-state index in [1.54, 1.807) is 0 Å². The maximum Gasteiger partial charge on any atom is 0.207 e. The summed E-state index contributed by atoms with van der Waals surface area (Å²) in [5.41, 5.74) is 0. The van der Waals surface area contributed by atoms with Crippen LogP contribution in [0.25, 0.3) is 0 Å². The number of rotatable bonds is 8. The van der Waals surface area contributed by atoms with Crippen LogP contribution in [0.2, 0.25) is 0 Å². The number of phenolic OH excluding ortho intramolecular Hbond substituents is 2. The quantitative estimate of drug-likeness (QED) is 0.551. The van der Waals surface area contributed by atoms with E-state index in [1.165, 1.54) is 12.1 Å². The lowest BCUT2D eigenvalue weighted by molar-refractivity contribution is 0.243. The molecule has 0 aliphatic rings. The number of hydrogen-bond acceptors (Lipinski definition) is 4. The van der Waals surface area contributed by atoms with E-state index < -0.39 is 0 Å². The lowest BCUT2D eigenvalue weighted by Gasteiger charge is -2.14. The minimum absolute atomic E-state index is 0.00426. The molecule has 1 rings (SSSR count). The standard InChI is InChI=1S/C14H22O4/c1-3-5-9-17-13-11(15)7-8-12(16)14(13)18-10-6-4-2/h7-8,15-16H,3-6,9-10H2,1-2H3. The molecule has 18 heavy (non-hydrogen) atoms. The molecule has 1 aromatic carbocycles. The Hall–Kier alpha value is -1.58. The number of ether oxygens (including phenoxy) is 2. The van der Waals surface area contributed by atoms with E-state index in [2.05, 4.69) is 13.8 Å². The molecule has 0 saturated carbocycles. The Kier molecular flexibility index (Phi) is 6.19. The first-order valence-corrected chi connectivity index (χ1v) is 6.51. The topological polar surface area (TPSA) is 58.9 Å². The molecule has 0 unspecified atom stereocenters. The lowest BCUT2D eigenvalue weighted by Crippen LogP contribution is -2.02. The fourth-order valence-corrected chi connectivity index (χ4v) is 1.46. The van der Waals surface area contributed by atoms with Crippen molar-refractivity contribution >= 4 is 0 Å². The summed E-state index contributed by atoms with van der Waals surface area (Å²) >= 11 is 0. The maximum absolute atomic E-state index is 9.76. The first-order valence-electron chi connectivity index (χ1n) is 6.51. The molecular formula is C14H22O4. The van der Waals surface area contributed by atoms with Gasteiger partial charge in [-0.1, -0.05) is 26.7 Å². The van der Waals surface area contributed by atoms with E-state index in [9.17, 15) is 10.2 Å². The first-order chi connectivity index (χ1) is 8.70. The average molecular weight is 254 g/mol. The molecule has 102 valence electrons. The molecule has 0 radical (unpaired) electrons. The second-order valence-electron chi connectivity index (χ2n) is 4.17. The Labute approximate surface area is 108 Å². The van der Waals surface area contributed by atoms with Gasteiger partial charge in [-0.15, -0.1) is 0 Å². The zero-order valence-electron chi connectivity index (χ0n) is 11.1. The number of unbranched alkanes of at least 4 members (excludes halogenated alkanes) is 2. The summed E-state index contributed by atoms with van der Waals surface area (Å²) in [5.74, 6) is 0.463. The molecule has 0 atom stereocenters. The fraction of sp³-hybridized carbons (Fsp3) is 0.571. The average Bonchev–Trinajstić information content (AvgIpc) is 2.36. The maximum atomic E-state index is 9.76. The summed E-state index contributed by atoms with van der Waals surface area (Å²) < 4.78 is 11.0. The van der Waals surface area contributed by atoms with E-state index >= 15 is 0 Å². The van der Waals surface area contributed by atoms with Crippen molar-refractivity contribution in [2.75, 3.05) is 13.2 Å². The molecule has 2 N–H and O–H groups in total. The van der Waals surface area contributed by atoms with E-state index in [4.69, 9.17) is 9.47 Å². The van der Waals surface area contributed by atoms with Crippen LogP contribution in [0.4, 0.5) is 0 Å². The van der Waals surface area contributed by atoms with Crippen molar-refractivity contribution < 1.29 is 19.7 Å². The molecule has 0 saturated heterocycles. The molecule has 0 aliphatic carbocycles. The summed E-state index contributed by atoms with van der Waals surface area (Å²) in [4.78, 5) is 0. The van der Waals surface area contributed by atoms with E-state index in [0.29, 0.717) is 13.2 Å². The monoisotopic (exact) mass is 254 g/mol. The molecule has 0 spiro atoms. The second kappa shape index (κ2) is 7.69. The van der Waals surface area contributed by atoms with Crippen LogP contribution in [0.15, 0.2) is 12.1 Å². The van der Waals surface area contributed by atoms with Crippen LogP contribution < -0.4 is 9.47 Å². The van der Waals surface area contributed by atoms with Crippen molar-refractivity contribution in [2.45, 2.75) is 39.5 Å². The van der Waals surface area contributed by atoms with Gasteiger partial charge in [-0.2, -0.15) is 0 Å². The third-order valence-corrected chi connectivity index (χ3v) is 2.56. The van der Waals surface area contributed by atoms with Gasteiger partial charge in [-0.05, 0) is 25.0 Å². The predicted octanol–water partition coefficient (Wildman–Crippen LogP) is 3.46. The van der Waals surface area contributed by atoms with Gasteiger partial charge >= 0.3 is 0 Å². The van der Waals surface area contributed by atoms with Crippen LogP contribution in [-0.2, 0) is 0 Å². The Morgan fingerprint density at radius 1 is 0.833 bits per heavy atom. The van der Waals surface area contributed by atoms with Gasteiger partial charge in [-0.3, -0.25) is 0 Å². The van der Waals surface area contributed by atoms with Gasteiger partial charge in [0.25, 0.3) is 0 Å². The van der Waals surface area contributed by atoms with Gasteiger partial charge in [-0.25, -0.2) is 0 Å². The van der Waals surface area contributed by atoms with Crippen LogP contribution in [0, 0.1) is 0 Å². The van der Waals surface area contributed by atoms with Crippen LogP contribution in [0.1, 0.15) is 39.5 Å². The Balaban J connectivity index is 2.79. The number of aromatic hydroxyl groups is 2. The van der Waals surface area contributed by atoms with Crippen LogP contribution in [0.3, 0.4) is 0 Å². The van der Waals surface area contributed by atoms with Gasteiger partial charge in [0.05, 0.1) is 13.2 Å². The summed E-state index contributed by atoms with van der Waals surface area (Å²) in [6, 6.07) is 2.81. The minimum Gasteiger partial charge on any atom is -0.504 e. The molecule has 0 aliphatic heterocycles. The van der Waals surface area contributed by atoms with E-state index in [0.717, 1.165) is 25.7 Å². The summed E-state index contributed by atoms with van der Waals surface area (Å²) in [6.07, 6.45) is 3.80. The third-order valence-electron chi connectivity index (χ3n) is 2.56. The molecule has 0 bridgehead atoms. The molecular weight excluding hydrogens is 232 g/mol. The molecule has 0 amide bonds. The van der Waals surface area contributed by atoms with Gasteiger partial charge in [0.15, 0.2) is 11.5 Å². The number of hydrogen-bond donors (Lipinski definition) is 2. The van der Waals surface area contributed by atoms with Crippen LogP contribution >= 0.6 is 0 Å². The highest BCUT2D eigenvalue weighted by atomic mass is 16.5. The van der Waals surface area contributed by atoms with Crippen molar-refractivity contribution in [1.82, 2.24) is 0 Å². The molecule has 1 aromatic rings. The third kappa shape index (κ3) is 4.02. The molecule has 4 nitrogen and oxygen atoms in total. The zero-order valence-corrected chi connectivity index (χ0v) is 11.1. The van der Waals surface area contributed by atoms with E-state index in [1.807, 2.05) is 0 Å². The van der Waals surface area contributed by atoms with Crippen LogP contribution in [-0.4, -0.2) is 23.4 Å². The normalized spacial score (nSPS) is 10.3. The largest absolute Gasteiger partial charge is 0.504 e. The zero-order chi connectivity index (χ0) is 13.4. The highest BCUT2D eigenvalue weighted by molar-refractivity contribution is 5.57. The molecule has 0 fully saturated rings. The summed E-state index contributed by atoms with van der Waals surface area (Å²) in [5, 5.41) is 19.5. The van der Waals surface area contributed by atoms with Crippen molar-refractivity contribution in [3.05, 3.63) is 12.1 Å². The van der Waals surface area contributed by atoms with Crippen molar-refractivity contribution in [1.29, 1.82) is 0 Å². The van der Waals surface area contributed by atoms with Crippen molar-refractivity contribution in [3.8, 4) is 23.0 Å². The fourth-order valence-electron chi connectivity index (χ4n) is 1.46. The summed E-state index contributed by atoms with van der Waals surface area (Å²) in [7, 11) is 0. The van der Waals surface area contributed by atoms with E-state index in [-0.39, 0.29) is 23.0 Å². The van der Waals surface area contributed by atoms with Crippen molar-refractivity contribution in [3.63, 3.8) is 0 Å². The number of phenols is 2. The first kappa shape index (κ1) is 14.5. The highest BCUT2D eigenvalue weighted by Gasteiger charge is 2.15. The molecule has 0 aromatic heterocycles. The Morgan fingerprint density at radius 2 is 1.22 bits per heavy atom. The van der Waals surface area contributed by atoms with Gasteiger partial charge in [0.2, 0.25) is 11.5 Å². The smallest absolute Gasteiger partial charge is 0.207 e. The molecule has 4 heteroatoms. The van der Waals surface area contributed by atoms with Gasteiger partial charge < -0.3 is 19.7 Å². The number of benzene rings is 1. The van der Waals surface area contributed by atoms with Gasteiger partial charge in [0, 0.05) is 0 Å². The predicted molar refractivity (Wildman–Crippen MR) is 70.6 cm³/mol. The SMILES string of the molecule is CCCCOc1c(O)ccc(O)c1OCCCC. The van der Waals surface area contributed by atoms with Crippen LogP contribution in [0.5, 0.6) is 23.0 Å².